The van der Waals surface area contributed by atoms with Gasteiger partial charge in [0.05, 0.1) is 0 Å². The molecule has 1 heterocycles. The van der Waals surface area contributed by atoms with Gasteiger partial charge in [0.2, 0.25) is 0 Å². The van der Waals surface area contributed by atoms with Crippen molar-refractivity contribution in [2.45, 2.75) is 4.58 Å². The molecule has 5 heteroatoms. The largest absolute Gasteiger partial charge is 1.00 e. The average molecular weight is 206 g/mol. The molecule has 0 N–H and O–H groups in total. The van der Waals surface area contributed by atoms with Crippen molar-refractivity contribution < 1.29 is 29.6 Å². The third kappa shape index (κ3) is 4.77. The van der Waals surface area contributed by atoms with Gasteiger partial charge in [-0.15, -0.1) is 35.3 Å². The predicted molar refractivity (Wildman–Crippen MR) is 48.5 cm³/mol. The molecule has 0 aromatic carbocycles. The van der Waals surface area contributed by atoms with Crippen molar-refractivity contribution in [3.05, 3.63) is 0 Å². The van der Waals surface area contributed by atoms with Crippen molar-refractivity contribution in [1.29, 1.82) is 0 Å². The van der Waals surface area contributed by atoms with E-state index in [1.54, 1.807) is 0 Å². The summed E-state index contributed by atoms with van der Waals surface area (Å²) in [5.74, 6) is 0.913. The molecular weight excluding hydrogens is 199 g/mol. The van der Waals surface area contributed by atoms with Crippen LogP contribution >= 0.6 is 35.3 Å². The van der Waals surface area contributed by atoms with Crippen LogP contribution in [0.15, 0.2) is 0 Å². The number of thioether (sulfide) groups is 3. The standard InChI is InChI=1S/C4H8S4.Na/c5-1-4-7-2-6-3-8-4;/h4-5H,1-3H2;/q;+1/p-1. The van der Waals surface area contributed by atoms with Crippen LogP contribution in [0.2, 0.25) is 0 Å². The van der Waals surface area contributed by atoms with Gasteiger partial charge < -0.3 is 12.6 Å². The second kappa shape index (κ2) is 7.07. The Balaban J connectivity index is 0.000000640. The topological polar surface area (TPSA) is 0 Å². The zero-order chi connectivity index (χ0) is 5.82. The van der Waals surface area contributed by atoms with E-state index in [9.17, 15) is 0 Å². The van der Waals surface area contributed by atoms with Gasteiger partial charge in [-0.25, -0.2) is 0 Å². The number of hydrogen-bond donors (Lipinski definition) is 0. The van der Waals surface area contributed by atoms with Crippen LogP contribution in [-0.2, 0) is 12.6 Å². The van der Waals surface area contributed by atoms with Gasteiger partial charge in [-0.3, -0.25) is 0 Å². The molecule has 0 unspecified atom stereocenters. The molecule has 0 spiro atoms. The zero-order valence-electron chi connectivity index (χ0n) is 5.33. The average Bonchev–Trinajstić information content (AvgIpc) is 1.90. The van der Waals surface area contributed by atoms with E-state index in [0.717, 1.165) is 5.75 Å². The Labute approximate surface area is 96.8 Å². The summed E-state index contributed by atoms with van der Waals surface area (Å²) in [4.78, 5) is 0. The third-order valence-corrected chi connectivity index (χ3v) is 5.88. The van der Waals surface area contributed by atoms with Gasteiger partial charge >= 0.3 is 29.6 Å². The summed E-state index contributed by atoms with van der Waals surface area (Å²) in [7, 11) is 0. The van der Waals surface area contributed by atoms with E-state index in [-0.39, 0.29) is 29.6 Å². The molecule has 1 fully saturated rings. The third-order valence-electron chi connectivity index (χ3n) is 0.811. The fourth-order valence-electron chi connectivity index (χ4n) is 0.426. The van der Waals surface area contributed by atoms with Gasteiger partial charge in [0.15, 0.2) is 0 Å². The SMILES string of the molecule is [Na+].[S-]CC1SCSCS1. The molecule has 1 aliphatic heterocycles. The molecule has 1 saturated heterocycles. The van der Waals surface area contributed by atoms with Crippen LogP contribution in [0.1, 0.15) is 0 Å². The van der Waals surface area contributed by atoms with Crippen LogP contribution in [0.5, 0.6) is 0 Å². The fourth-order valence-corrected chi connectivity index (χ4v) is 5.45. The van der Waals surface area contributed by atoms with Gasteiger partial charge in [0.1, 0.15) is 0 Å². The summed E-state index contributed by atoms with van der Waals surface area (Å²) in [5.41, 5.74) is 0. The molecule has 0 radical (unpaired) electrons. The molecule has 1 aliphatic rings. The first kappa shape index (κ1) is 11.4. The van der Waals surface area contributed by atoms with Crippen LogP contribution in [0.4, 0.5) is 0 Å². The maximum atomic E-state index is 4.92. The van der Waals surface area contributed by atoms with Crippen molar-refractivity contribution >= 4 is 47.9 Å². The smallest absolute Gasteiger partial charge is 0.791 e. The number of hydrogen-bond acceptors (Lipinski definition) is 4. The monoisotopic (exact) mass is 206 g/mol. The second-order valence-corrected chi connectivity index (χ2v) is 6.10. The molecule has 0 aromatic rings. The molecule has 0 nitrogen and oxygen atoms in total. The van der Waals surface area contributed by atoms with Crippen molar-refractivity contribution in [2.75, 3.05) is 15.9 Å². The molecule has 0 bridgehead atoms. The van der Waals surface area contributed by atoms with E-state index in [0.29, 0.717) is 4.58 Å². The van der Waals surface area contributed by atoms with E-state index in [4.69, 9.17) is 12.6 Å². The molecule has 1 rings (SSSR count). The van der Waals surface area contributed by atoms with E-state index >= 15 is 0 Å². The molecule has 0 amide bonds. The van der Waals surface area contributed by atoms with E-state index in [2.05, 4.69) is 0 Å². The maximum Gasteiger partial charge on any atom is 1.00 e. The Morgan fingerprint density at radius 1 is 1.33 bits per heavy atom. The van der Waals surface area contributed by atoms with Gasteiger partial charge in [0, 0.05) is 14.8 Å². The van der Waals surface area contributed by atoms with Crippen LogP contribution in [0.3, 0.4) is 0 Å². The zero-order valence-corrected chi connectivity index (χ0v) is 10.6. The summed E-state index contributed by atoms with van der Waals surface area (Å²) in [5, 5.41) is 2.49. The van der Waals surface area contributed by atoms with Crippen molar-refractivity contribution in [1.82, 2.24) is 0 Å². The van der Waals surface area contributed by atoms with Crippen LogP contribution in [0.25, 0.3) is 0 Å². The Hall–Kier alpha value is 2.40. The van der Waals surface area contributed by atoms with Crippen LogP contribution < -0.4 is 29.6 Å². The Morgan fingerprint density at radius 2 is 1.89 bits per heavy atom. The molecule has 0 aromatic heterocycles. The molecule has 9 heavy (non-hydrogen) atoms. The Morgan fingerprint density at radius 3 is 2.22 bits per heavy atom. The normalized spacial score (nSPS) is 21.0. The second-order valence-electron chi connectivity index (χ2n) is 1.37. The van der Waals surface area contributed by atoms with Gasteiger partial charge in [-0.05, 0) is 0 Å². The van der Waals surface area contributed by atoms with Gasteiger partial charge in [-0.1, -0.05) is 0 Å². The molecule has 48 valence electrons. The Kier molecular flexibility index (Phi) is 8.96. The quantitative estimate of drug-likeness (QED) is 0.398. The molecule has 0 aliphatic carbocycles. The van der Waals surface area contributed by atoms with E-state index in [1.165, 1.54) is 10.2 Å². The number of rotatable bonds is 1. The predicted octanol–water partition coefficient (Wildman–Crippen LogP) is -1.01. The minimum atomic E-state index is 0. The first-order chi connectivity index (χ1) is 3.93. The first-order valence-electron chi connectivity index (χ1n) is 2.32. The van der Waals surface area contributed by atoms with Crippen LogP contribution in [0, 0.1) is 0 Å². The van der Waals surface area contributed by atoms with E-state index < -0.39 is 0 Å². The van der Waals surface area contributed by atoms with Gasteiger partial charge in [-0.2, -0.15) is 5.75 Å². The van der Waals surface area contributed by atoms with Crippen molar-refractivity contribution in [3.8, 4) is 0 Å². The molecular formula is C4H7NaS4. The summed E-state index contributed by atoms with van der Waals surface area (Å²) in [6.45, 7) is 0. The summed E-state index contributed by atoms with van der Waals surface area (Å²) in [6, 6.07) is 0. The Bertz CT molecular complexity index is 63.6. The molecule has 0 saturated carbocycles. The maximum absolute atomic E-state index is 4.92. The van der Waals surface area contributed by atoms with E-state index in [1.807, 2.05) is 35.3 Å². The summed E-state index contributed by atoms with van der Waals surface area (Å²) in [6.07, 6.45) is 0. The minimum Gasteiger partial charge on any atom is -0.791 e. The van der Waals surface area contributed by atoms with Crippen LogP contribution in [-0.4, -0.2) is 20.5 Å². The fraction of sp³-hybridized carbons (Fsp3) is 1.00. The van der Waals surface area contributed by atoms with Gasteiger partial charge in [0.25, 0.3) is 0 Å². The van der Waals surface area contributed by atoms with Crippen molar-refractivity contribution in [3.63, 3.8) is 0 Å². The first-order valence-corrected chi connectivity index (χ1v) is 6.15. The molecule has 0 atom stereocenters. The van der Waals surface area contributed by atoms with Crippen molar-refractivity contribution in [2.24, 2.45) is 0 Å². The minimum absolute atomic E-state index is 0. The summed E-state index contributed by atoms with van der Waals surface area (Å²) < 4.78 is 0.714. The summed E-state index contributed by atoms with van der Waals surface area (Å²) >= 11 is 10.9.